The van der Waals surface area contributed by atoms with Crippen LogP contribution in [0.1, 0.15) is 40.0 Å². The van der Waals surface area contributed by atoms with E-state index in [0.29, 0.717) is 5.41 Å². The average Bonchev–Trinajstić information content (AvgIpc) is 1.87. The Kier molecular flexibility index (Phi) is 2.22. The summed E-state index contributed by atoms with van der Waals surface area (Å²) in [6.45, 7) is 7.12. The summed E-state index contributed by atoms with van der Waals surface area (Å²) in [4.78, 5) is 0. The van der Waals surface area contributed by atoms with E-state index in [1.165, 1.54) is 19.3 Å². The number of fused-ring (bicyclic) bond motifs is 2. The van der Waals surface area contributed by atoms with Gasteiger partial charge in [0.1, 0.15) is 0 Å². The molecule has 3 aliphatic rings. The smallest absolute Gasteiger partial charge is 0 e. The molecule has 0 saturated heterocycles. The normalized spacial score (nSPS) is 32.5. The molecule has 0 aromatic heterocycles. The number of allylic oxidation sites excluding steroid dienone is 2. The quantitative estimate of drug-likeness (QED) is 0.411. The van der Waals surface area contributed by atoms with Crippen molar-refractivity contribution >= 4 is 0 Å². The van der Waals surface area contributed by atoms with E-state index < -0.39 is 0 Å². The van der Waals surface area contributed by atoms with Crippen LogP contribution in [0.3, 0.4) is 0 Å². The third-order valence-corrected chi connectivity index (χ3v) is 3.63. The van der Waals surface area contributed by atoms with E-state index in [1.54, 1.807) is 11.1 Å². The third-order valence-electron chi connectivity index (χ3n) is 3.63. The van der Waals surface area contributed by atoms with Crippen molar-refractivity contribution in [3.05, 3.63) is 11.1 Å². The van der Waals surface area contributed by atoms with Crippen LogP contribution in [-0.4, -0.2) is 0 Å². The number of hydrogen-bond donors (Lipinski definition) is 0. The molecule has 0 aromatic carbocycles. The molecule has 0 N–H and O–H groups in total. The Morgan fingerprint density at radius 2 is 2.00 bits per heavy atom. The molecule has 0 aromatic rings. The fourth-order valence-electron chi connectivity index (χ4n) is 2.61. The monoisotopic (exact) mass is 194 g/mol. The van der Waals surface area contributed by atoms with E-state index in [9.17, 15) is 0 Å². The van der Waals surface area contributed by atoms with Crippen LogP contribution in [0.25, 0.3) is 0 Å². The van der Waals surface area contributed by atoms with Gasteiger partial charge in [0.05, 0.1) is 0 Å². The van der Waals surface area contributed by atoms with E-state index in [-0.39, 0.29) is 16.5 Å². The fourth-order valence-corrected chi connectivity index (χ4v) is 2.61. The van der Waals surface area contributed by atoms with Gasteiger partial charge in [0, 0.05) is 16.5 Å². The van der Waals surface area contributed by atoms with Crippen molar-refractivity contribution in [1.82, 2.24) is 0 Å². The van der Waals surface area contributed by atoms with Crippen molar-refractivity contribution in [1.29, 1.82) is 0 Å². The molecule has 1 heteroatoms. The first-order valence-corrected chi connectivity index (χ1v) is 4.31. The number of hydrogen-bond acceptors (Lipinski definition) is 0. The minimum Gasteiger partial charge on any atom is -0.0735 e. The molecule has 2 bridgehead atoms. The van der Waals surface area contributed by atoms with Crippen molar-refractivity contribution in [2.24, 2.45) is 11.3 Å². The van der Waals surface area contributed by atoms with Gasteiger partial charge in [-0.1, -0.05) is 25.0 Å². The second-order valence-corrected chi connectivity index (χ2v) is 4.42. The molecule has 0 aliphatic heterocycles. The van der Waals surface area contributed by atoms with Crippen molar-refractivity contribution in [2.45, 2.75) is 40.0 Å². The van der Waals surface area contributed by atoms with Crippen LogP contribution in [0, 0.1) is 11.3 Å². The average molecular weight is 195 g/mol. The van der Waals surface area contributed by atoms with Crippen LogP contribution in [0.4, 0.5) is 0 Å². The first-order valence-electron chi connectivity index (χ1n) is 4.31. The summed E-state index contributed by atoms with van der Waals surface area (Å²) in [5.74, 6) is 1.02. The Morgan fingerprint density at radius 1 is 1.36 bits per heavy atom. The van der Waals surface area contributed by atoms with Crippen LogP contribution >= 0.6 is 0 Å². The predicted octanol–water partition coefficient (Wildman–Crippen LogP) is 3.14. The van der Waals surface area contributed by atoms with Gasteiger partial charge in [-0.05, 0) is 37.5 Å². The zero-order valence-electron chi connectivity index (χ0n) is 7.51. The first kappa shape index (κ1) is 9.32. The second-order valence-electron chi connectivity index (χ2n) is 4.42. The molecular formula is C10H16Ni. The van der Waals surface area contributed by atoms with Gasteiger partial charge in [-0.15, -0.1) is 0 Å². The van der Waals surface area contributed by atoms with E-state index in [1.807, 2.05) is 0 Å². The predicted molar refractivity (Wildman–Crippen MR) is 43.8 cm³/mol. The van der Waals surface area contributed by atoms with Crippen LogP contribution in [-0.2, 0) is 16.5 Å². The number of rotatable bonds is 0. The van der Waals surface area contributed by atoms with Crippen LogP contribution in [0.5, 0.6) is 0 Å². The largest absolute Gasteiger partial charge is 0.0735 e. The Hall–Kier alpha value is 0.234. The standard InChI is InChI=1S/C10H16.Ni/c1-7-4-5-8-6-9(7)10(8,2)3;/h8H,4-6H2,1-3H3;. The zero-order chi connectivity index (χ0) is 7.35. The van der Waals surface area contributed by atoms with Crippen LogP contribution in [0.2, 0.25) is 0 Å². The van der Waals surface area contributed by atoms with E-state index >= 15 is 0 Å². The Bertz CT molecular complexity index is 201. The molecule has 1 saturated carbocycles. The molecule has 0 heterocycles. The van der Waals surface area contributed by atoms with E-state index in [2.05, 4.69) is 20.8 Å². The molecule has 0 radical (unpaired) electrons. The Balaban J connectivity index is 0.000000605. The second kappa shape index (κ2) is 2.62. The molecule has 11 heavy (non-hydrogen) atoms. The van der Waals surface area contributed by atoms with E-state index in [4.69, 9.17) is 0 Å². The first-order chi connectivity index (χ1) is 4.62. The summed E-state index contributed by atoms with van der Waals surface area (Å²) in [6, 6.07) is 0. The maximum Gasteiger partial charge on any atom is 0 e. The van der Waals surface area contributed by atoms with Gasteiger partial charge in [-0.25, -0.2) is 0 Å². The minimum absolute atomic E-state index is 0. The topological polar surface area (TPSA) is 0 Å². The Morgan fingerprint density at radius 3 is 2.27 bits per heavy atom. The molecule has 1 atom stereocenters. The Labute approximate surface area is 79.4 Å². The summed E-state index contributed by atoms with van der Waals surface area (Å²) in [6.07, 6.45) is 4.24. The van der Waals surface area contributed by atoms with Gasteiger partial charge >= 0.3 is 0 Å². The van der Waals surface area contributed by atoms with Crippen molar-refractivity contribution < 1.29 is 16.5 Å². The van der Waals surface area contributed by atoms with Gasteiger partial charge in [0.25, 0.3) is 0 Å². The van der Waals surface area contributed by atoms with E-state index in [0.717, 1.165) is 5.92 Å². The van der Waals surface area contributed by atoms with Gasteiger partial charge in [0.2, 0.25) is 0 Å². The van der Waals surface area contributed by atoms with Crippen molar-refractivity contribution in [3.63, 3.8) is 0 Å². The molecular weight excluding hydrogens is 179 g/mol. The summed E-state index contributed by atoms with van der Waals surface area (Å²) in [5.41, 5.74) is 4.04. The van der Waals surface area contributed by atoms with Crippen LogP contribution in [0.15, 0.2) is 11.1 Å². The van der Waals surface area contributed by atoms with Gasteiger partial charge < -0.3 is 0 Å². The molecule has 1 unspecified atom stereocenters. The summed E-state index contributed by atoms with van der Waals surface area (Å²) in [5, 5.41) is 0. The molecule has 0 spiro atoms. The van der Waals surface area contributed by atoms with Gasteiger partial charge in [0.15, 0.2) is 0 Å². The SMILES string of the molecule is CC1=C2CC(CC1)C2(C)C.[Ni]. The molecule has 3 rings (SSSR count). The molecule has 0 nitrogen and oxygen atoms in total. The van der Waals surface area contributed by atoms with Gasteiger partial charge in [-0.3, -0.25) is 0 Å². The molecule has 0 amide bonds. The van der Waals surface area contributed by atoms with Gasteiger partial charge in [-0.2, -0.15) is 0 Å². The summed E-state index contributed by atoms with van der Waals surface area (Å²) in [7, 11) is 0. The van der Waals surface area contributed by atoms with Crippen molar-refractivity contribution in [3.8, 4) is 0 Å². The minimum atomic E-state index is 0. The maximum atomic E-state index is 2.40. The summed E-state index contributed by atoms with van der Waals surface area (Å²) >= 11 is 0. The third kappa shape index (κ3) is 1.09. The zero-order valence-corrected chi connectivity index (χ0v) is 8.50. The molecule has 66 valence electrons. The fraction of sp³-hybridized carbons (Fsp3) is 0.800. The van der Waals surface area contributed by atoms with Crippen molar-refractivity contribution in [2.75, 3.05) is 0 Å². The maximum absolute atomic E-state index is 2.40. The molecule has 1 fully saturated rings. The molecule has 3 aliphatic carbocycles. The van der Waals surface area contributed by atoms with Crippen LogP contribution < -0.4 is 0 Å². The summed E-state index contributed by atoms with van der Waals surface area (Å²) < 4.78 is 0.